The molecule has 0 aliphatic rings. The van der Waals surface area contributed by atoms with E-state index >= 15 is 0 Å². The summed E-state index contributed by atoms with van der Waals surface area (Å²) in [5.74, 6) is 0.114. The number of benzene rings is 2. The number of hydrogen-bond acceptors (Lipinski definition) is 2. The molecule has 0 atom stereocenters. The first kappa shape index (κ1) is 13.6. The summed E-state index contributed by atoms with van der Waals surface area (Å²) in [6.07, 6.45) is 1.71. The van der Waals surface area contributed by atoms with Gasteiger partial charge in [-0.05, 0) is 36.8 Å². The molecular formula is C16H13BrO2. The largest absolute Gasteiger partial charge is 0.507 e. The highest BCUT2D eigenvalue weighted by Gasteiger charge is 2.08. The molecule has 0 fully saturated rings. The Balaban J connectivity index is 2.54. The maximum atomic E-state index is 11.8. The molecule has 0 spiro atoms. The van der Waals surface area contributed by atoms with Crippen LogP contribution in [-0.4, -0.2) is 10.9 Å². The summed E-state index contributed by atoms with van der Waals surface area (Å²) in [6.45, 7) is 1.52. The maximum absolute atomic E-state index is 11.8. The SMILES string of the molecule is CC(=O)C(=Cc1cc(Br)ccc1O)c1ccccc1. The molecule has 0 aliphatic carbocycles. The van der Waals surface area contributed by atoms with E-state index in [1.54, 1.807) is 24.3 Å². The molecule has 0 bridgehead atoms. The number of aromatic hydroxyl groups is 1. The van der Waals surface area contributed by atoms with E-state index in [2.05, 4.69) is 15.9 Å². The maximum Gasteiger partial charge on any atom is 0.160 e. The highest BCUT2D eigenvalue weighted by atomic mass is 79.9. The Hall–Kier alpha value is -1.87. The standard InChI is InChI=1S/C16H13BrO2/c1-11(18)15(12-5-3-2-4-6-12)10-13-9-14(17)7-8-16(13)19/h2-10,19H,1H3. The molecule has 0 radical (unpaired) electrons. The van der Waals surface area contributed by atoms with E-state index in [1.807, 2.05) is 30.3 Å². The van der Waals surface area contributed by atoms with Crippen molar-refractivity contribution in [3.8, 4) is 5.75 Å². The molecule has 0 aromatic heterocycles. The topological polar surface area (TPSA) is 37.3 Å². The van der Waals surface area contributed by atoms with Crippen molar-refractivity contribution in [2.75, 3.05) is 0 Å². The molecule has 2 aromatic rings. The zero-order valence-electron chi connectivity index (χ0n) is 10.4. The van der Waals surface area contributed by atoms with Crippen molar-refractivity contribution in [2.24, 2.45) is 0 Å². The fraction of sp³-hybridized carbons (Fsp3) is 0.0625. The van der Waals surface area contributed by atoms with Crippen LogP contribution in [0.4, 0.5) is 0 Å². The summed E-state index contributed by atoms with van der Waals surface area (Å²) >= 11 is 3.35. The lowest BCUT2D eigenvalue weighted by Crippen LogP contribution is -1.95. The number of carbonyl (C=O) groups is 1. The van der Waals surface area contributed by atoms with Crippen molar-refractivity contribution in [3.63, 3.8) is 0 Å². The molecule has 0 unspecified atom stereocenters. The third-order valence-corrected chi connectivity index (χ3v) is 3.25. The van der Waals surface area contributed by atoms with Crippen LogP contribution >= 0.6 is 15.9 Å². The van der Waals surface area contributed by atoms with E-state index in [9.17, 15) is 9.90 Å². The van der Waals surface area contributed by atoms with Crippen LogP contribution in [0.5, 0.6) is 5.75 Å². The molecule has 2 nitrogen and oxygen atoms in total. The second-order valence-corrected chi connectivity index (χ2v) is 5.10. The van der Waals surface area contributed by atoms with Crippen molar-refractivity contribution in [1.82, 2.24) is 0 Å². The zero-order valence-corrected chi connectivity index (χ0v) is 12.0. The predicted molar refractivity (Wildman–Crippen MR) is 80.8 cm³/mol. The first-order valence-corrected chi connectivity index (χ1v) is 6.64. The van der Waals surface area contributed by atoms with Crippen molar-refractivity contribution < 1.29 is 9.90 Å². The van der Waals surface area contributed by atoms with Crippen molar-refractivity contribution in [1.29, 1.82) is 0 Å². The number of carbonyl (C=O) groups excluding carboxylic acids is 1. The number of ketones is 1. The minimum atomic E-state index is -0.0365. The van der Waals surface area contributed by atoms with Gasteiger partial charge in [-0.2, -0.15) is 0 Å². The van der Waals surface area contributed by atoms with E-state index < -0.39 is 0 Å². The first-order valence-electron chi connectivity index (χ1n) is 5.84. The number of halogens is 1. The molecule has 1 N–H and O–H groups in total. The number of rotatable bonds is 3. The van der Waals surface area contributed by atoms with Crippen LogP contribution in [0, 0.1) is 0 Å². The average molecular weight is 317 g/mol. The Bertz CT molecular complexity index is 630. The van der Waals surface area contributed by atoms with Gasteiger partial charge in [0.05, 0.1) is 0 Å². The Morgan fingerprint density at radius 2 is 1.84 bits per heavy atom. The molecule has 3 heteroatoms. The van der Waals surface area contributed by atoms with Crippen LogP contribution in [0.3, 0.4) is 0 Å². The molecule has 0 saturated heterocycles. The molecule has 2 rings (SSSR count). The van der Waals surface area contributed by atoms with Crippen LogP contribution in [-0.2, 0) is 4.79 Å². The Labute approximate surface area is 120 Å². The summed E-state index contributed by atoms with van der Waals surface area (Å²) < 4.78 is 0.854. The van der Waals surface area contributed by atoms with Crippen LogP contribution in [0.2, 0.25) is 0 Å². The molecule has 2 aromatic carbocycles. The number of Topliss-reactive ketones (excluding diaryl/α,β-unsaturated/α-hetero) is 1. The highest BCUT2D eigenvalue weighted by molar-refractivity contribution is 9.10. The van der Waals surface area contributed by atoms with Crippen LogP contribution in [0.25, 0.3) is 11.6 Å². The molecular weight excluding hydrogens is 304 g/mol. The van der Waals surface area contributed by atoms with E-state index in [4.69, 9.17) is 0 Å². The third-order valence-electron chi connectivity index (χ3n) is 2.75. The lowest BCUT2D eigenvalue weighted by Gasteiger charge is -2.06. The highest BCUT2D eigenvalue weighted by Crippen LogP contribution is 2.27. The van der Waals surface area contributed by atoms with Gasteiger partial charge in [-0.15, -0.1) is 0 Å². The number of phenolic OH excluding ortho intramolecular Hbond substituents is 1. The van der Waals surface area contributed by atoms with Crippen molar-refractivity contribution in [2.45, 2.75) is 6.92 Å². The summed E-state index contributed by atoms with van der Waals surface area (Å²) in [6, 6.07) is 14.5. The smallest absolute Gasteiger partial charge is 0.160 e. The van der Waals surface area contributed by atoms with Gasteiger partial charge in [-0.3, -0.25) is 4.79 Å². The summed E-state index contributed by atoms with van der Waals surface area (Å²) in [5.41, 5.74) is 2.03. The molecule has 19 heavy (non-hydrogen) atoms. The second kappa shape index (κ2) is 5.85. The van der Waals surface area contributed by atoms with Gasteiger partial charge >= 0.3 is 0 Å². The minimum absolute atomic E-state index is 0.0365. The van der Waals surface area contributed by atoms with Crippen molar-refractivity contribution >= 4 is 33.4 Å². The second-order valence-electron chi connectivity index (χ2n) is 4.18. The van der Waals surface area contributed by atoms with E-state index in [0.717, 1.165) is 10.0 Å². The van der Waals surface area contributed by atoms with Gasteiger partial charge in [0.2, 0.25) is 0 Å². The molecule has 0 amide bonds. The third kappa shape index (κ3) is 3.32. The first-order chi connectivity index (χ1) is 9.08. The van der Waals surface area contributed by atoms with E-state index in [-0.39, 0.29) is 11.5 Å². The molecule has 0 aliphatic heterocycles. The van der Waals surface area contributed by atoms with Gasteiger partial charge in [0.25, 0.3) is 0 Å². The van der Waals surface area contributed by atoms with Gasteiger partial charge in [-0.25, -0.2) is 0 Å². The van der Waals surface area contributed by atoms with E-state index in [1.165, 1.54) is 6.92 Å². The quantitative estimate of drug-likeness (QED) is 0.677. The van der Waals surface area contributed by atoms with Crippen molar-refractivity contribution in [3.05, 3.63) is 64.1 Å². The number of hydrogen-bond donors (Lipinski definition) is 1. The van der Waals surface area contributed by atoms with Gasteiger partial charge in [-0.1, -0.05) is 46.3 Å². The Morgan fingerprint density at radius 3 is 2.47 bits per heavy atom. The molecule has 0 heterocycles. The summed E-state index contributed by atoms with van der Waals surface area (Å²) in [4.78, 5) is 11.8. The van der Waals surface area contributed by atoms with Gasteiger partial charge in [0, 0.05) is 15.6 Å². The van der Waals surface area contributed by atoms with E-state index in [0.29, 0.717) is 11.1 Å². The minimum Gasteiger partial charge on any atom is -0.507 e. The van der Waals surface area contributed by atoms with Gasteiger partial charge in [0.15, 0.2) is 5.78 Å². The Morgan fingerprint density at radius 1 is 1.16 bits per heavy atom. The normalized spacial score (nSPS) is 11.4. The molecule has 96 valence electrons. The fourth-order valence-electron chi connectivity index (χ4n) is 1.80. The van der Waals surface area contributed by atoms with Gasteiger partial charge < -0.3 is 5.11 Å². The van der Waals surface area contributed by atoms with Crippen LogP contribution in [0.1, 0.15) is 18.1 Å². The van der Waals surface area contributed by atoms with Crippen LogP contribution in [0.15, 0.2) is 53.0 Å². The van der Waals surface area contributed by atoms with Crippen LogP contribution < -0.4 is 0 Å². The lowest BCUT2D eigenvalue weighted by molar-refractivity contribution is -0.111. The summed E-state index contributed by atoms with van der Waals surface area (Å²) in [5, 5.41) is 9.84. The van der Waals surface area contributed by atoms with Gasteiger partial charge in [0.1, 0.15) is 5.75 Å². The number of phenols is 1. The predicted octanol–water partition coefficient (Wildman–Crippen LogP) is 4.28. The monoisotopic (exact) mass is 316 g/mol. The summed E-state index contributed by atoms with van der Waals surface area (Å²) in [7, 11) is 0. The average Bonchev–Trinajstić information content (AvgIpc) is 2.40. The fourth-order valence-corrected chi connectivity index (χ4v) is 2.18. The molecule has 0 saturated carbocycles. The number of allylic oxidation sites excluding steroid dienone is 1. The lowest BCUT2D eigenvalue weighted by atomic mass is 9.99. The zero-order chi connectivity index (χ0) is 13.8. The Kier molecular flexibility index (Phi) is 4.17.